The lowest BCUT2D eigenvalue weighted by Crippen LogP contribution is -2.22. The largest absolute Gasteiger partial charge is 0.361 e. The van der Waals surface area contributed by atoms with Gasteiger partial charge in [0.1, 0.15) is 11.6 Å². The topological polar surface area (TPSA) is 75.6 Å². The Kier molecular flexibility index (Phi) is 3.78. The van der Waals surface area contributed by atoms with Crippen LogP contribution in [0.4, 0.5) is 0 Å². The van der Waals surface area contributed by atoms with E-state index in [1.807, 2.05) is 60.3 Å². The maximum Gasteiger partial charge on any atom is 0.251 e. The number of hydrogen-bond donors (Lipinski definition) is 2. The van der Waals surface area contributed by atoms with E-state index in [2.05, 4.69) is 20.3 Å². The first-order valence-corrected chi connectivity index (χ1v) is 8.01. The van der Waals surface area contributed by atoms with Gasteiger partial charge in [0.25, 0.3) is 5.91 Å². The van der Waals surface area contributed by atoms with Crippen LogP contribution in [0.1, 0.15) is 21.7 Å². The van der Waals surface area contributed by atoms with Gasteiger partial charge < -0.3 is 10.3 Å². The van der Waals surface area contributed by atoms with Crippen LogP contribution in [-0.2, 0) is 6.54 Å². The number of fused-ring (bicyclic) bond motifs is 1. The molecule has 0 atom stereocenters. The second kappa shape index (κ2) is 6.24. The third-order valence-electron chi connectivity index (χ3n) is 4.15. The molecular weight excluding hydrogens is 314 g/mol. The second-order valence-electron chi connectivity index (χ2n) is 5.83. The normalized spacial score (nSPS) is 10.9. The SMILES string of the molecule is Cc1nccn1-c1ccc(CNC(=O)c2ccc3cc[nH]c3c2)cn1. The number of hydrogen-bond acceptors (Lipinski definition) is 3. The van der Waals surface area contributed by atoms with E-state index in [-0.39, 0.29) is 5.91 Å². The molecule has 0 unspecified atom stereocenters. The molecule has 4 rings (SSSR count). The first-order valence-electron chi connectivity index (χ1n) is 8.01. The van der Waals surface area contributed by atoms with Crippen molar-refractivity contribution in [3.8, 4) is 5.82 Å². The van der Waals surface area contributed by atoms with Gasteiger partial charge in [-0.25, -0.2) is 9.97 Å². The van der Waals surface area contributed by atoms with E-state index in [4.69, 9.17) is 0 Å². The van der Waals surface area contributed by atoms with Crippen LogP contribution in [0, 0.1) is 6.92 Å². The summed E-state index contributed by atoms with van der Waals surface area (Å²) in [4.78, 5) is 24.1. The number of pyridine rings is 1. The summed E-state index contributed by atoms with van der Waals surface area (Å²) in [7, 11) is 0. The number of nitrogens with one attached hydrogen (secondary N) is 2. The van der Waals surface area contributed by atoms with Gasteiger partial charge in [-0.15, -0.1) is 0 Å². The van der Waals surface area contributed by atoms with Crippen LogP contribution < -0.4 is 5.32 Å². The van der Waals surface area contributed by atoms with E-state index in [0.29, 0.717) is 12.1 Å². The Morgan fingerprint density at radius 1 is 1.20 bits per heavy atom. The predicted molar refractivity (Wildman–Crippen MR) is 95.6 cm³/mol. The number of H-pyrrole nitrogens is 1. The zero-order chi connectivity index (χ0) is 17.2. The van der Waals surface area contributed by atoms with Crippen LogP contribution in [-0.4, -0.2) is 25.4 Å². The summed E-state index contributed by atoms with van der Waals surface area (Å²) in [5.41, 5.74) is 2.53. The van der Waals surface area contributed by atoms with Crippen molar-refractivity contribution in [2.45, 2.75) is 13.5 Å². The molecule has 0 aliphatic rings. The number of amides is 1. The van der Waals surface area contributed by atoms with Gasteiger partial charge in [0.15, 0.2) is 0 Å². The Bertz CT molecular complexity index is 1030. The quantitative estimate of drug-likeness (QED) is 0.603. The molecule has 0 saturated carbocycles. The van der Waals surface area contributed by atoms with Crippen molar-refractivity contribution in [1.29, 1.82) is 0 Å². The zero-order valence-electron chi connectivity index (χ0n) is 13.7. The molecule has 2 N–H and O–H groups in total. The highest BCUT2D eigenvalue weighted by atomic mass is 16.1. The maximum atomic E-state index is 12.3. The minimum absolute atomic E-state index is 0.106. The van der Waals surface area contributed by atoms with Gasteiger partial charge in [-0.1, -0.05) is 12.1 Å². The highest BCUT2D eigenvalue weighted by molar-refractivity contribution is 5.97. The summed E-state index contributed by atoms with van der Waals surface area (Å²) in [6.07, 6.45) is 7.24. The third kappa shape index (κ3) is 3.01. The molecule has 0 saturated heterocycles. The molecule has 0 bridgehead atoms. The van der Waals surface area contributed by atoms with E-state index in [0.717, 1.165) is 28.1 Å². The summed E-state index contributed by atoms with van der Waals surface area (Å²) < 4.78 is 1.91. The van der Waals surface area contributed by atoms with Crippen molar-refractivity contribution >= 4 is 16.8 Å². The fourth-order valence-electron chi connectivity index (χ4n) is 2.76. The highest BCUT2D eigenvalue weighted by Crippen LogP contribution is 2.14. The Labute approximate surface area is 144 Å². The fourth-order valence-corrected chi connectivity index (χ4v) is 2.76. The van der Waals surface area contributed by atoms with Crippen molar-refractivity contribution in [3.05, 3.63) is 78.1 Å². The Morgan fingerprint density at radius 2 is 2.12 bits per heavy atom. The zero-order valence-corrected chi connectivity index (χ0v) is 13.7. The summed E-state index contributed by atoms with van der Waals surface area (Å²) >= 11 is 0. The number of aromatic nitrogens is 4. The number of carbonyl (C=O) groups excluding carboxylic acids is 1. The Hall–Kier alpha value is -3.41. The van der Waals surface area contributed by atoms with Crippen LogP contribution in [0.5, 0.6) is 0 Å². The Morgan fingerprint density at radius 3 is 2.88 bits per heavy atom. The molecule has 6 nitrogen and oxygen atoms in total. The molecule has 6 heteroatoms. The number of aryl methyl sites for hydroxylation is 1. The monoisotopic (exact) mass is 331 g/mol. The molecule has 124 valence electrons. The van der Waals surface area contributed by atoms with Crippen molar-refractivity contribution in [3.63, 3.8) is 0 Å². The molecular formula is C19H17N5O. The highest BCUT2D eigenvalue weighted by Gasteiger charge is 2.07. The van der Waals surface area contributed by atoms with Crippen molar-refractivity contribution in [2.75, 3.05) is 0 Å². The predicted octanol–water partition coefficient (Wildman–Crippen LogP) is 2.99. The summed E-state index contributed by atoms with van der Waals surface area (Å²) in [5, 5.41) is 4.01. The van der Waals surface area contributed by atoms with E-state index < -0.39 is 0 Å². The minimum Gasteiger partial charge on any atom is -0.361 e. The molecule has 25 heavy (non-hydrogen) atoms. The molecule has 4 aromatic rings. The van der Waals surface area contributed by atoms with Crippen molar-refractivity contribution in [2.24, 2.45) is 0 Å². The lowest BCUT2D eigenvalue weighted by atomic mass is 10.1. The van der Waals surface area contributed by atoms with E-state index in [1.54, 1.807) is 12.4 Å². The second-order valence-corrected chi connectivity index (χ2v) is 5.83. The van der Waals surface area contributed by atoms with Gasteiger partial charge in [-0.05, 0) is 42.1 Å². The lowest BCUT2D eigenvalue weighted by Gasteiger charge is -2.07. The first-order chi connectivity index (χ1) is 12.2. The number of aromatic amines is 1. The first kappa shape index (κ1) is 15.1. The molecule has 0 radical (unpaired) electrons. The van der Waals surface area contributed by atoms with Crippen LogP contribution in [0.15, 0.2) is 61.2 Å². The average Bonchev–Trinajstić information content (AvgIpc) is 3.28. The number of nitrogens with zero attached hydrogens (tertiary/aromatic N) is 3. The van der Waals surface area contributed by atoms with Gasteiger partial charge >= 0.3 is 0 Å². The van der Waals surface area contributed by atoms with Crippen molar-refractivity contribution in [1.82, 2.24) is 24.8 Å². The van der Waals surface area contributed by atoms with E-state index >= 15 is 0 Å². The molecule has 0 fully saturated rings. The van der Waals surface area contributed by atoms with Gasteiger partial charge in [0.05, 0.1) is 0 Å². The molecule has 0 aliphatic heterocycles. The molecule has 0 aliphatic carbocycles. The van der Waals surface area contributed by atoms with Gasteiger partial charge in [0.2, 0.25) is 0 Å². The summed E-state index contributed by atoms with van der Waals surface area (Å²) in [5.74, 6) is 1.58. The fraction of sp³-hybridized carbons (Fsp3) is 0.105. The molecule has 0 spiro atoms. The van der Waals surface area contributed by atoms with Gasteiger partial charge in [-0.2, -0.15) is 0 Å². The van der Waals surface area contributed by atoms with Gasteiger partial charge in [0, 0.05) is 42.4 Å². The molecule has 3 aromatic heterocycles. The number of carbonyl (C=O) groups is 1. The molecule has 1 aromatic carbocycles. The number of benzene rings is 1. The van der Waals surface area contributed by atoms with Crippen LogP contribution in [0.2, 0.25) is 0 Å². The van der Waals surface area contributed by atoms with E-state index in [1.165, 1.54) is 0 Å². The van der Waals surface area contributed by atoms with Gasteiger partial charge in [-0.3, -0.25) is 9.36 Å². The van der Waals surface area contributed by atoms with Crippen LogP contribution in [0.25, 0.3) is 16.7 Å². The minimum atomic E-state index is -0.106. The van der Waals surface area contributed by atoms with Crippen molar-refractivity contribution < 1.29 is 4.79 Å². The molecule has 1 amide bonds. The Balaban J connectivity index is 1.44. The maximum absolute atomic E-state index is 12.3. The number of rotatable bonds is 4. The summed E-state index contributed by atoms with van der Waals surface area (Å²) in [6.45, 7) is 2.36. The van der Waals surface area contributed by atoms with Crippen LogP contribution in [0.3, 0.4) is 0 Å². The van der Waals surface area contributed by atoms with E-state index in [9.17, 15) is 4.79 Å². The third-order valence-corrected chi connectivity index (χ3v) is 4.15. The standard InChI is InChI=1S/C19H17N5O/c1-13-20-8-9-24(13)18-5-2-14(11-22-18)12-23-19(25)16-4-3-15-6-7-21-17(15)10-16/h2-11,21H,12H2,1H3,(H,23,25). The average molecular weight is 331 g/mol. The van der Waals surface area contributed by atoms with Crippen LogP contribution >= 0.6 is 0 Å². The number of imidazole rings is 1. The molecule has 3 heterocycles. The smallest absolute Gasteiger partial charge is 0.251 e. The summed E-state index contributed by atoms with van der Waals surface area (Å²) in [6, 6.07) is 11.5. The lowest BCUT2D eigenvalue weighted by molar-refractivity contribution is 0.0951.